The molecule has 1 amide bonds. The van der Waals surface area contributed by atoms with E-state index in [4.69, 9.17) is 0 Å². The molecule has 3 nitrogen and oxygen atoms in total. The van der Waals surface area contributed by atoms with Crippen LogP contribution in [0.3, 0.4) is 0 Å². The number of halogens is 2. The average molecular weight is 344 g/mol. The molecule has 0 saturated heterocycles. The van der Waals surface area contributed by atoms with Gasteiger partial charge in [0.1, 0.15) is 11.6 Å². The van der Waals surface area contributed by atoms with Gasteiger partial charge in [0.2, 0.25) is 5.91 Å². The van der Waals surface area contributed by atoms with Gasteiger partial charge in [-0.25, -0.2) is 8.78 Å². The number of aryl methyl sites for hydroxylation is 1. The maximum atomic E-state index is 13.8. The highest BCUT2D eigenvalue weighted by Crippen LogP contribution is 2.38. The summed E-state index contributed by atoms with van der Waals surface area (Å²) < 4.78 is 29.1. The van der Waals surface area contributed by atoms with E-state index in [0.29, 0.717) is 6.04 Å². The molecular formula is C20H22F2N2O. The Kier molecular flexibility index (Phi) is 4.75. The van der Waals surface area contributed by atoms with Crippen molar-refractivity contribution in [3.63, 3.8) is 0 Å². The van der Waals surface area contributed by atoms with Crippen LogP contribution in [-0.4, -0.2) is 10.5 Å². The summed E-state index contributed by atoms with van der Waals surface area (Å²) in [6.45, 7) is 5.79. The first kappa shape index (κ1) is 17.4. The number of carbonyl (C=O) groups is 1. The second kappa shape index (κ2) is 6.82. The summed E-state index contributed by atoms with van der Waals surface area (Å²) in [5.74, 6) is -1.61. The van der Waals surface area contributed by atoms with E-state index in [1.54, 1.807) is 13.0 Å². The molecule has 0 spiro atoms. The molecule has 1 atom stereocenters. The van der Waals surface area contributed by atoms with Crippen molar-refractivity contribution in [2.45, 2.75) is 45.7 Å². The fourth-order valence-electron chi connectivity index (χ4n) is 3.22. The predicted octanol–water partition coefficient (Wildman–Crippen LogP) is 4.61. The summed E-state index contributed by atoms with van der Waals surface area (Å²) >= 11 is 0. The highest BCUT2D eigenvalue weighted by Gasteiger charge is 2.26. The molecule has 1 aliphatic carbocycles. The molecule has 2 aromatic rings. The Labute approximate surface area is 146 Å². The fourth-order valence-corrected chi connectivity index (χ4v) is 3.22. The van der Waals surface area contributed by atoms with E-state index in [1.807, 2.05) is 0 Å². The topological polar surface area (TPSA) is 34.0 Å². The Hall–Kier alpha value is -2.43. The Bertz CT molecular complexity index is 834. The SMILES string of the molecule is Cc1cc(/C=C/C(=O)N[C@H](C)c2ccc(F)cc2F)c(C)n1C1CC1. The Morgan fingerprint density at radius 3 is 2.64 bits per heavy atom. The summed E-state index contributed by atoms with van der Waals surface area (Å²) in [6, 6.07) is 5.47. The number of carbonyl (C=O) groups excluding carboxylic acids is 1. The maximum Gasteiger partial charge on any atom is 0.244 e. The van der Waals surface area contributed by atoms with Crippen molar-refractivity contribution in [1.29, 1.82) is 0 Å². The lowest BCUT2D eigenvalue weighted by atomic mass is 10.1. The standard InChI is InChI=1S/C20H22F2N2O/c1-12-10-15(14(3)24(12)17-6-7-17)4-9-20(25)23-13(2)18-8-5-16(21)11-19(18)22/h4-5,8-11,13,17H,6-7H2,1-3H3,(H,23,25)/b9-4+/t13-/m1/s1. The van der Waals surface area contributed by atoms with Crippen LogP contribution in [0.25, 0.3) is 6.08 Å². The third-order valence-corrected chi connectivity index (χ3v) is 4.64. The van der Waals surface area contributed by atoms with Crippen molar-refractivity contribution in [3.8, 4) is 0 Å². The normalized spacial score (nSPS) is 15.6. The predicted molar refractivity (Wildman–Crippen MR) is 94.1 cm³/mol. The van der Waals surface area contributed by atoms with Crippen LogP contribution in [0.1, 0.15) is 54.4 Å². The van der Waals surface area contributed by atoms with Crippen molar-refractivity contribution in [2.75, 3.05) is 0 Å². The smallest absolute Gasteiger partial charge is 0.244 e. The fraction of sp³-hybridized carbons (Fsp3) is 0.350. The van der Waals surface area contributed by atoms with Crippen LogP contribution in [0.4, 0.5) is 8.78 Å². The van der Waals surface area contributed by atoms with Gasteiger partial charge in [-0.3, -0.25) is 4.79 Å². The van der Waals surface area contributed by atoms with Gasteiger partial charge in [0.15, 0.2) is 0 Å². The quantitative estimate of drug-likeness (QED) is 0.790. The van der Waals surface area contributed by atoms with E-state index in [-0.39, 0.29) is 11.5 Å². The van der Waals surface area contributed by atoms with E-state index < -0.39 is 17.7 Å². The van der Waals surface area contributed by atoms with Gasteiger partial charge in [-0.1, -0.05) is 6.07 Å². The highest BCUT2D eigenvalue weighted by atomic mass is 19.1. The zero-order chi connectivity index (χ0) is 18.1. The van der Waals surface area contributed by atoms with E-state index in [1.165, 1.54) is 36.7 Å². The van der Waals surface area contributed by atoms with Crippen LogP contribution in [0.15, 0.2) is 30.3 Å². The van der Waals surface area contributed by atoms with Gasteiger partial charge >= 0.3 is 0 Å². The van der Waals surface area contributed by atoms with Crippen LogP contribution in [0, 0.1) is 25.5 Å². The molecule has 1 aromatic heterocycles. The van der Waals surface area contributed by atoms with Gasteiger partial charge in [0, 0.05) is 35.1 Å². The molecule has 1 saturated carbocycles. The summed E-state index contributed by atoms with van der Waals surface area (Å²) in [7, 11) is 0. The first-order valence-corrected chi connectivity index (χ1v) is 8.48. The Morgan fingerprint density at radius 2 is 2.00 bits per heavy atom. The molecule has 0 radical (unpaired) electrons. The molecule has 0 bridgehead atoms. The Morgan fingerprint density at radius 1 is 1.28 bits per heavy atom. The first-order chi connectivity index (χ1) is 11.9. The molecule has 0 aliphatic heterocycles. The van der Waals surface area contributed by atoms with Gasteiger partial charge in [-0.05, 0) is 57.4 Å². The number of amides is 1. The molecule has 5 heteroatoms. The number of hydrogen-bond acceptors (Lipinski definition) is 1. The maximum absolute atomic E-state index is 13.8. The van der Waals surface area contributed by atoms with Crippen molar-refractivity contribution < 1.29 is 13.6 Å². The largest absolute Gasteiger partial charge is 0.346 e. The number of nitrogens with one attached hydrogen (secondary N) is 1. The van der Waals surface area contributed by atoms with Gasteiger partial charge in [0.25, 0.3) is 0 Å². The first-order valence-electron chi connectivity index (χ1n) is 8.48. The summed E-state index contributed by atoms with van der Waals surface area (Å²) in [4.78, 5) is 12.1. The van der Waals surface area contributed by atoms with Crippen molar-refractivity contribution in [3.05, 3.63) is 64.5 Å². The second-order valence-corrected chi connectivity index (χ2v) is 6.66. The van der Waals surface area contributed by atoms with Gasteiger partial charge in [-0.15, -0.1) is 0 Å². The van der Waals surface area contributed by atoms with Crippen LogP contribution >= 0.6 is 0 Å². The zero-order valence-corrected chi connectivity index (χ0v) is 14.6. The molecule has 1 heterocycles. The van der Waals surface area contributed by atoms with Crippen molar-refractivity contribution >= 4 is 12.0 Å². The number of nitrogens with zero attached hydrogens (tertiary/aromatic N) is 1. The average Bonchev–Trinajstić information content (AvgIpc) is 3.31. The number of benzene rings is 1. The molecule has 1 aromatic carbocycles. The van der Waals surface area contributed by atoms with Crippen LogP contribution in [0.2, 0.25) is 0 Å². The van der Waals surface area contributed by atoms with Crippen molar-refractivity contribution in [2.24, 2.45) is 0 Å². The number of hydrogen-bond donors (Lipinski definition) is 1. The molecule has 1 fully saturated rings. The van der Waals surface area contributed by atoms with E-state index in [2.05, 4.69) is 29.8 Å². The zero-order valence-electron chi connectivity index (χ0n) is 14.6. The minimum atomic E-state index is -0.662. The van der Waals surface area contributed by atoms with E-state index >= 15 is 0 Å². The molecule has 1 N–H and O–H groups in total. The van der Waals surface area contributed by atoms with Gasteiger partial charge in [-0.2, -0.15) is 0 Å². The molecule has 3 rings (SSSR count). The van der Waals surface area contributed by atoms with Crippen molar-refractivity contribution in [1.82, 2.24) is 9.88 Å². The highest BCUT2D eigenvalue weighted by molar-refractivity contribution is 5.92. The lowest BCUT2D eigenvalue weighted by Crippen LogP contribution is -2.25. The summed E-state index contributed by atoms with van der Waals surface area (Å²) in [5.41, 5.74) is 3.62. The molecule has 132 valence electrons. The van der Waals surface area contributed by atoms with E-state index in [9.17, 15) is 13.6 Å². The number of rotatable bonds is 5. The number of aromatic nitrogens is 1. The third kappa shape index (κ3) is 3.81. The summed E-state index contributed by atoms with van der Waals surface area (Å²) in [6.07, 6.45) is 5.66. The second-order valence-electron chi connectivity index (χ2n) is 6.66. The molecule has 25 heavy (non-hydrogen) atoms. The minimum absolute atomic E-state index is 0.259. The minimum Gasteiger partial charge on any atom is -0.346 e. The monoisotopic (exact) mass is 344 g/mol. The lowest BCUT2D eigenvalue weighted by Gasteiger charge is -2.13. The van der Waals surface area contributed by atoms with E-state index in [0.717, 1.165) is 17.3 Å². The van der Waals surface area contributed by atoms with Crippen LogP contribution in [-0.2, 0) is 4.79 Å². The van der Waals surface area contributed by atoms with Gasteiger partial charge in [0.05, 0.1) is 6.04 Å². The lowest BCUT2D eigenvalue weighted by molar-refractivity contribution is -0.117. The molecule has 1 aliphatic rings. The summed E-state index contributed by atoms with van der Waals surface area (Å²) in [5, 5.41) is 2.71. The van der Waals surface area contributed by atoms with Gasteiger partial charge < -0.3 is 9.88 Å². The van der Waals surface area contributed by atoms with Crippen LogP contribution in [0.5, 0.6) is 0 Å². The molecule has 0 unspecified atom stereocenters. The van der Waals surface area contributed by atoms with Crippen LogP contribution < -0.4 is 5.32 Å². The third-order valence-electron chi connectivity index (χ3n) is 4.64. The Balaban J connectivity index is 1.68. The molecular weight excluding hydrogens is 322 g/mol.